The molecule has 0 radical (unpaired) electrons. The molecule has 0 bridgehead atoms. The molecule has 0 spiro atoms. The first-order valence-corrected chi connectivity index (χ1v) is 4.79. The molecule has 2 heterocycles. The standard InChI is InChI=1S/C9H18N2O/c1-9(7-12-8-9)6-11-4-2-10-3-5-11/h10H,2-8H2,1H3. The van der Waals surface area contributed by atoms with E-state index < -0.39 is 0 Å². The zero-order valence-corrected chi connectivity index (χ0v) is 7.81. The van der Waals surface area contributed by atoms with E-state index in [2.05, 4.69) is 17.1 Å². The Morgan fingerprint density at radius 2 is 2.00 bits per heavy atom. The fraction of sp³-hybridized carbons (Fsp3) is 1.00. The van der Waals surface area contributed by atoms with Crippen molar-refractivity contribution in [2.45, 2.75) is 6.92 Å². The third-order valence-electron chi connectivity index (χ3n) is 2.72. The van der Waals surface area contributed by atoms with Gasteiger partial charge in [0.05, 0.1) is 13.2 Å². The van der Waals surface area contributed by atoms with Crippen LogP contribution in [0.2, 0.25) is 0 Å². The maximum atomic E-state index is 5.24. The van der Waals surface area contributed by atoms with Crippen LogP contribution in [-0.2, 0) is 4.74 Å². The normalized spacial score (nSPS) is 29.8. The maximum Gasteiger partial charge on any atom is 0.0554 e. The van der Waals surface area contributed by atoms with E-state index in [1.54, 1.807) is 0 Å². The predicted octanol–water partition coefficient (Wildman–Crippen LogP) is -0.0719. The van der Waals surface area contributed by atoms with Crippen molar-refractivity contribution in [1.82, 2.24) is 10.2 Å². The van der Waals surface area contributed by atoms with Gasteiger partial charge in [0.25, 0.3) is 0 Å². The molecule has 2 aliphatic heterocycles. The average molecular weight is 170 g/mol. The number of hydrogen-bond acceptors (Lipinski definition) is 3. The molecule has 2 rings (SSSR count). The van der Waals surface area contributed by atoms with E-state index in [0.717, 1.165) is 26.3 Å². The summed E-state index contributed by atoms with van der Waals surface area (Å²) < 4.78 is 5.24. The molecular weight excluding hydrogens is 152 g/mol. The first-order valence-electron chi connectivity index (χ1n) is 4.79. The number of piperazine rings is 1. The van der Waals surface area contributed by atoms with Crippen molar-refractivity contribution in [2.24, 2.45) is 5.41 Å². The SMILES string of the molecule is CC1(CN2CCNCC2)COC1. The van der Waals surface area contributed by atoms with Crippen LogP contribution in [-0.4, -0.2) is 50.8 Å². The highest BCUT2D eigenvalue weighted by molar-refractivity contribution is 4.85. The van der Waals surface area contributed by atoms with Gasteiger partial charge in [0, 0.05) is 38.1 Å². The molecule has 0 saturated carbocycles. The monoisotopic (exact) mass is 170 g/mol. The van der Waals surface area contributed by atoms with Crippen molar-refractivity contribution < 1.29 is 4.74 Å². The van der Waals surface area contributed by atoms with Crippen LogP contribution in [0.3, 0.4) is 0 Å². The van der Waals surface area contributed by atoms with E-state index in [9.17, 15) is 0 Å². The van der Waals surface area contributed by atoms with Gasteiger partial charge in [-0.2, -0.15) is 0 Å². The van der Waals surface area contributed by atoms with Crippen molar-refractivity contribution >= 4 is 0 Å². The first kappa shape index (κ1) is 8.48. The smallest absolute Gasteiger partial charge is 0.0554 e. The van der Waals surface area contributed by atoms with Gasteiger partial charge in [-0.05, 0) is 0 Å². The Labute approximate surface area is 74.1 Å². The summed E-state index contributed by atoms with van der Waals surface area (Å²) in [6.45, 7) is 10.2. The first-order chi connectivity index (χ1) is 5.79. The molecule has 70 valence electrons. The van der Waals surface area contributed by atoms with E-state index in [1.165, 1.54) is 19.6 Å². The molecule has 0 atom stereocenters. The van der Waals surface area contributed by atoms with Crippen molar-refractivity contribution in [1.29, 1.82) is 0 Å². The predicted molar refractivity (Wildman–Crippen MR) is 48.2 cm³/mol. The number of hydrogen-bond donors (Lipinski definition) is 1. The van der Waals surface area contributed by atoms with Gasteiger partial charge in [0.1, 0.15) is 0 Å². The Kier molecular flexibility index (Phi) is 2.35. The average Bonchev–Trinajstić information content (AvgIpc) is 2.04. The lowest BCUT2D eigenvalue weighted by molar-refractivity contribution is -0.115. The third kappa shape index (κ3) is 1.79. The van der Waals surface area contributed by atoms with Crippen LogP contribution in [0.15, 0.2) is 0 Å². The Morgan fingerprint density at radius 3 is 2.50 bits per heavy atom. The zero-order valence-electron chi connectivity index (χ0n) is 7.81. The second-order valence-corrected chi connectivity index (χ2v) is 4.33. The van der Waals surface area contributed by atoms with E-state index in [4.69, 9.17) is 4.74 Å². The molecule has 2 saturated heterocycles. The summed E-state index contributed by atoms with van der Waals surface area (Å²) >= 11 is 0. The molecule has 0 aromatic rings. The summed E-state index contributed by atoms with van der Waals surface area (Å²) in [6, 6.07) is 0. The lowest BCUT2D eigenvalue weighted by atomic mass is 9.88. The van der Waals surface area contributed by atoms with Gasteiger partial charge in [-0.3, -0.25) is 0 Å². The van der Waals surface area contributed by atoms with Crippen LogP contribution in [0.4, 0.5) is 0 Å². The van der Waals surface area contributed by atoms with Gasteiger partial charge >= 0.3 is 0 Å². The quantitative estimate of drug-likeness (QED) is 0.628. The summed E-state index contributed by atoms with van der Waals surface area (Å²) in [5, 5.41) is 3.36. The van der Waals surface area contributed by atoms with E-state index in [0.29, 0.717) is 5.41 Å². The number of rotatable bonds is 2. The van der Waals surface area contributed by atoms with Crippen molar-refractivity contribution in [3.8, 4) is 0 Å². The highest BCUT2D eigenvalue weighted by atomic mass is 16.5. The van der Waals surface area contributed by atoms with Crippen LogP contribution >= 0.6 is 0 Å². The number of ether oxygens (including phenoxy) is 1. The molecule has 0 aromatic heterocycles. The van der Waals surface area contributed by atoms with E-state index in [1.807, 2.05) is 0 Å². The van der Waals surface area contributed by atoms with Crippen molar-refractivity contribution in [2.75, 3.05) is 45.9 Å². The lowest BCUT2D eigenvalue weighted by Crippen LogP contribution is -2.53. The van der Waals surface area contributed by atoms with Crippen LogP contribution in [0.5, 0.6) is 0 Å². The van der Waals surface area contributed by atoms with Crippen molar-refractivity contribution in [3.05, 3.63) is 0 Å². The highest BCUT2D eigenvalue weighted by Crippen LogP contribution is 2.27. The number of nitrogens with one attached hydrogen (secondary N) is 1. The van der Waals surface area contributed by atoms with Gasteiger partial charge in [0.15, 0.2) is 0 Å². The molecule has 0 aromatic carbocycles. The molecule has 1 N–H and O–H groups in total. The van der Waals surface area contributed by atoms with Gasteiger partial charge in [-0.15, -0.1) is 0 Å². The largest absolute Gasteiger partial charge is 0.380 e. The molecule has 3 nitrogen and oxygen atoms in total. The second-order valence-electron chi connectivity index (χ2n) is 4.33. The Morgan fingerprint density at radius 1 is 1.33 bits per heavy atom. The van der Waals surface area contributed by atoms with E-state index in [-0.39, 0.29) is 0 Å². The molecule has 3 heteroatoms. The van der Waals surface area contributed by atoms with Gasteiger partial charge in [-0.25, -0.2) is 0 Å². The molecule has 2 aliphatic rings. The minimum atomic E-state index is 0.456. The molecule has 0 aliphatic carbocycles. The Hall–Kier alpha value is -0.120. The topological polar surface area (TPSA) is 24.5 Å². The molecule has 0 unspecified atom stereocenters. The molecule has 2 fully saturated rings. The van der Waals surface area contributed by atoms with Crippen LogP contribution in [0.25, 0.3) is 0 Å². The fourth-order valence-electron chi connectivity index (χ4n) is 1.95. The van der Waals surface area contributed by atoms with Crippen LogP contribution < -0.4 is 5.32 Å². The lowest BCUT2D eigenvalue weighted by Gasteiger charge is -2.42. The summed E-state index contributed by atoms with van der Waals surface area (Å²) in [5.74, 6) is 0. The second kappa shape index (κ2) is 3.32. The molecule has 0 amide bonds. The van der Waals surface area contributed by atoms with Gasteiger partial charge in [-0.1, -0.05) is 6.92 Å². The summed E-state index contributed by atoms with van der Waals surface area (Å²) in [7, 11) is 0. The fourth-order valence-corrected chi connectivity index (χ4v) is 1.95. The Balaban J connectivity index is 1.77. The number of nitrogens with zero attached hydrogens (tertiary/aromatic N) is 1. The molecule has 12 heavy (non-hydrogen) atoms. The van der Waals surface area contributed by atoms with Crippen LogP contribution in [0, 0.1) is 5.41 Å². The highest BCUT2D eigenvalue weighted by Gasteiger charge is 2.35. The summed E-state index contributed by atoms with van der Waals surface area (Å²) in [5.41, 5.74) is 0.456. The van der Waals surface area contributed by atoms with E-state index >= 15 is 0 Å². The minimum absolute atomic E-state index is 0.456. The summed E-state index contributed by atoms with van der Waals surface area (Å²) in [4.78, 5) is 2.54. The molecular formula is C9H18N2O. The van der Waals surface area contributed by atoms with Crippen molar-refractivity contribution in [3.63, 3.8) is 0 Å². The zero-order chi connectivity index (χ0) is 8.44. The third-order valence-corrected chi connectivity index (χ3v) is 2.72. The van der Waals surface area contributed by atoms with Gasteiger partial charge < -0.3 is 15.0 Å². The summed E-state index contributed by atoms with van der Waals surface area (Å²) in [6.07, 6.45) is 0. The minimum Gasteiger partial charge on any atom is -0.380 e. The van der Waals surface area contributed by atoms with Gasteiger partial charge in [0.2, 0.25) is 0 Å². The Bertz CT molecular complexity index is 151. The maximum absolute atomic E-state index is 5.24. The van der Waals surface area contributed by atoms with Crippen LogP contribution in [0.1, 0.15) is 6.92 Å².